The van der Waals surface area contributed by atoms with Gasteiger partial charge >= 0.3 is 0 Å². The zero-order chi connectivity index (χ0) is 14.4. The molecule has 2 N–H and O–H groups in total. The summed E-state index contributed by atoms with van der Waals surface area (Å²) in [5.41, 5.74) is 0.844. The summed E-state index contributed by atoms with van der Waals surface area (Å²) in [6, 6.07) is 4.41. The molecule has 0 radical (unpaired) electrons. The number of carbonyl (C=O) groups excluding carboxylic acids is 4. The standard InChI is InChI=1S/C14H9NO5/c16-6-1-2-9-7(3-6)8(5-15-9)12-13(19)10(17)4-11(18)14(12)20/h1-3,5,12,15-16H,4H2. The van der Waals surface area contributed by atoms with Crippen molar-refractivity contribution in [1.82, 2.24) is 4.98 Å². The molecule has 0 spiro atoms. The number of fused-ring (bicyclic) bond motifs is 1. The first-order valence-corrected chi connectivity index (χ1v) is 5.93. The van der Waals surface area contributed by atoms with Gasteiger partial charge in [0, 0.05) is 17.1 Å². The molecule has 0 amide bonds. The maximum Gasteiger partial charge on any atom is 0.214 e. The predicted molar refractivity (Wildman–Crippen MR) is 67.3 cm³/mol. The lowest BCUT2D eigenvalue weighted by atomic mass is 9.80. The van der Waals surface area contributed by atoms with Gasteiger partial charge in [0.2, 0.25) is 23.1 Å². The molecule has 1 saturated carbocycles. The van der Waals surface area contributed by atoms with Crippen molar-refractivity contribution in [1.29, 1.82) is 0 Å². The Morgan fingerprint density at radius 1 is 1.05 bits per heavy atom. The Morgan fingerprint density at radius 3 is 2.35 bits per heavy atom. The first kappa shape index (κ1) is 12.3. The van der Waals surface area contributed by atoms with Crippen molar-refractivity contribution in [3.63, 3.8) is 0 Å². The van der Waals surface area contributed by atoms with Crippen molar-refractivity contribution in [2.45, 2.75) is 12.3 Å². The average molecular weight is 271 g/mol. The number of Topliss-reactive ketones (excluding diaryl/α,β-unsaturated/α-hetero) is 4. The highest BCUT2D eigenvalue weighted by atomic mass is 16.3. The smallest absolute Gasteiger partial charge is 0.214 e. The van der Waals surface area contributed by atoms with Crippen LogP contribution in [0, 0.1) is 0 Å². The molecule has 100 valence electrons. The minimum absolute atomic E-state index is 0.0355. The van der Waals surface area contributed by atoms with Crippen LogP contribution in [0.1, 0.15) is 17.9 Å². The van der Waals surface area contributed by atoms with Crippen molar-refractivity contribution in [3.05, 3.63) is 30.0 Å². The van der Waals surface area contributed by atoms with Gasteiger partial charge in [0.1, 0.15) is 11.7 Å². The van der Waals surface area contributed by atoms with Gasteiger partial charge in [0.05, 0.1) is 6.42 Å². The minimum atomic E-state index is -1.40. The van der Waals surface area contributed by atoms with Crippen molar-refractivity contribution >= 4 is 34.0 Å². The number of H-pyrrole nitrogens is 1. The summed E-state index contributed by atoms with van der Waals surface area (Å²) < 4.78 is 0. The van der Waals surface area contributed by atoms with Gasteiger partial charge in [-0.05, 0) is 23.8 Å². The lowest BCUT2D eigenvalue weighted by Gasteiger charge is -2.16. The van der Waals surface area contributed by atoms with Gasteiger partial charge in [0.15, 0.2) is 0 Å². The third-order valence-corrected chi connectivity index (χ3v) is 3.40. The van der Waals surface area contributed by atoms with Crippen molar-refractivity contribution < 1.29 is 24.3 Å². The SMILES string of the molecule is O=C1CC(=O)C(=O)C(c2c[nH]c3ccc(O)cc23)C1=O. The summed E-state index contributed by atoms with van der Waals surface area (Å²) in [4.78, 5) is 49.6. The number of rotatable bonds is 1. The average Bonchev–Trinajstić information content (AvgIpc) is 2.80. The monoisotopic (exact) mass is 271 g/mol. The quantitative estimate of drug-likeness (QED) is 0.585. The lowest BCUT2D eigenvalue weighted by molar-refractivity contribution is -0.149. The number of phenols is 1. The first-order chi connectivity index (χ1) is 9.49. The molecular formula is C14H9NO5. The molecule has 1 aromatic heterocycles. The van der Waals surface area contributed by atoms with E-state index in [1.54, 1.807) is 6.07 Å². The highest BCUT2D eigenvalue weighted by Crippen LogP contribution is 2.32. The fraction of sp³-hybridized carbons (Fsp3) is 0.143. The lowest BCUT2D eigenvalue weighted by Crippen LogP contribution is -2.40. The molecule has 1 fully saturated rings. The van der Waals surface area contributed by atoms with Crippen LogP contribution in [0.15, 0.2) is 24.4 Å². The predicted octanol–water partition coefficient (Wildman–Crippen LogP) is 0.637. The molecule has 0 aliphatic heterocycles. The van der Waals surface area contributed by atoms with Gasteiger partial charge < -0.3 is 10.1 Å². The number of ketones is 4. The third kappa shape index (κ3) is 1.65. The van der Waals surface area contributed by atoms with E-state index in [1.807, 2.05) is 0 Å². The molecule has 6 nitrogen and oxygen atoms in total. The molecule has 0 atom stereocenters. The maximum atomic E-state index is 11.9. The van der Waals surface area contributed by atoms with Gasteiger partial charge in [-0.25, -0.2) is 0 Å². The molecule has 20 heavy (non-hydrogen) atoms. The van der Waals surface area contributed by atoms with E-state index in [0.29, 0.717) is 10.9 Å². The summed E-state index contributed by atoms with van der Waals surface area (Å²) in [7, 11) is 0. The molecule has 1 aliphatic carbocycles. The zero-order valence-corrected chi connectivity index (χ0v) is 10.2. The van der Waals surface area contributed by atoms with E-state index in [2.05, 4.69) is 4.98 Å². The van der Waals surface area contributed by atoms with Crippen LogP contribution in [0.4, 0.5) is 0 Å². The second-order valence-electron chi connectivity index (χ2n) is 4.66. The van der Waals surface area contributed by atoms with Crippen LogP contribution < -0.4 is 0 Å². The number of aromatic nitrogens is 1. The van der Waals surface area contributed by atoms with Crippen molar-refractivity contribution in [2.24, 2.45) is 0 Å². The zero-order valence-electron chi connectivity index (χ0n) is 10.2. The molecule has 1 aliphatic rings. The molecule has 0 saturated heterocycles. The normalized spacial score (nSPS) is 17.2. The first-order valence-electron chi connectivity index (χ1n) is 5.93. The topological polar surface area (TPSA) is 104 Å². The molecule has 3 rings (SSSR count). The van der Waals surface area contributed by atoms with Crippen LogP contribution in [-0.2, 0) is 19.2 Å². The molecule has 2 aromatic rings. The fourth-order valence-electron chi connectivity index (χ4n) is 2.41. The van der Waals surface area contributed by atoms with E-state index < -0.39 is 35.5 Å². The van der Waals surface area contributed by atoms with Crippen molar-refractivity contribution in [2.75, 3.05) is 0 Å². The summed E-state index contributed by atoms with van der Waals surface area (Å²) >= 11 is 0. The van der Waals surface area contributed by atoms with Crippen LogP contribution in [0.2, 0.25) is 0 Å². The highest BCUT2D eigenvalue weighted by Gasteiger charge is 2.43. The molecule has 6 heteroatoms. The Morgan fingerprint density at radius 2 is 1.70 bits per heavy atom. The minimum Gasteiger partial charge on any atom is -0.508 e. The van der Waals surface area contributed by atoms with Crippen LogP contribution >= 0.6 is 0 Å². The molecule has 1 heterocycles. The van der Waals surface area contributed by atoms with Gasteiger partial charge in [0.25, 0.3) is 0 Å². The molecule has 0 bridgehead atoms. The van der Waals surface area contributed by atoms with E-state index in [0.717, 1.165) is 0 Å². The summed E-state index contributed by atoms with van der Waals surface area (Å²) in [5, 5.41) is 9.93. The number of carbonyl (C=O) groups is 4. The van der Waals surface area contributed by atoms with Crippen molar-refractivity contribution in [3.8, 4) is 5.75 Å². The van der Waals surface area contributed by atoms with Gasteiger partial charge in [-0.1, -0.05) is 0 Å². The number of aromatic hydroxyl groups is 1. The van der Waals surface area contributed by atoms with Crippen LogP contribution in [-0.4, -0.2) is 33.2 Å². The third-order valence-electron chi connectivity index (χ3n) is 3.40. The van der Waals surface area contributed by atoms with Crippen LogP contribution in [0.25, 0.3) is 10.9 Å². The van der Waals surface area contributed by atoms with E-state index in [9.17, 15) is 24.3 Å². The molecular weight excluding hydrogens is 262 g/mol. The van der Waals surface area contributed by atoms with Gasteiger partial charge in [-0.2, -0.15) is 0 Å². The number of aromatic amines is 1. The van der Waals surface area contributed by atoms with Gasteiger partial charge in [-0.3, -0.25) is 19.2 Å². The van der Waals surface area contributed by atoms with E-state index >= 15 is 0 Å². The maximum absolute atomic E-state index is 11.9. The van der Waals surface area contributed by atoms with Crippen LogP contribution in [0.3, 0.4) is 0 Å². The number of benzene rings is 1. The summed E-state index contributed by atoms with van der Waals surface area (Å²) in [6.45, 7) is 0. The Kier molecular flexibility index (Phi) is 2.53. The van der Waals surface area contributed by atoms with Crippen LogP contribution in [0.5, 0.6) is 5.75 Å². The van der Waals surface area contributed by atoms with E-state index in [1.165, 1.54) is 18.3 Å². The summed E-state index contributed by atoms with van der Waals surface area (Å²) in [5.74, 6) is -4.90. The Hall–Kier alpha value is -2.76. The Bertz CT molecular complexity index is 760. The molecule has 1 aromatic carbocycles. The summed E-state index contributed by atoms with van der Waals surface area (Å²) in [6.07, 6.45) is 0.762. The Balaban J connectivity index is 2.20. The van der Waals surface area contributed by atoms with Gasteiger partial charge in [-0.15, -0.1) is 0 Å². The fourth-order valence-corrected chi connectivity index (χ4v) is 2.41. The number of hydrogen-bond donors (Lipinski definition) is 2. The number of hydrogen-bond acceptors (Lipinski definition) is 5. The molecule has 0 unspecified atom stereocenters. The second kappa shape index (κ2) is 4.12. The number of nitrogens with one attached hydrogen (secondary N) is 1. The highest BCUT2D eigenvalue weighted by molar-refractivity contribution is 6.61. The second-order valence-corrected chi connectivity index (χ2v) is 4.66. The van der Waals surface area contributed by atoms with E-state index in [-0.39, 0.29) is 11.3 Å². The largest absolute Gasteiger partial charge is 0.508 e. The Labute approximate surface area is 112 Å². The number of phenolic OH excluding ortho intramolecular Hbond substituents is 1. The van der Waals surface area contributed by atoms with E-state index in [4.69, 9.17) is 0 Å².